The second-order valence-electron chi connectivity index (χ2n) is 18.7. The molecule has 2 aromatic heterocycles. The van der Waals surface area contributed by atoms with Crippen molar-refractivity contribution >= 4 is 44.6 Å². The third-order valence-electron chi connectivity index (χ3n) is 12.9. The summed E-state index contributed by atoms with van der Waals surface area (Å²) in [6.45, 7) is 18.3. The first kappa shape index (κ1) is 42.9. The van der Waals surface area contributed by atoms with Crippen molar-refractivity contribution in [1.29, 1.82) is 0 Å². The standard InChI is InChI=1S/C58H51N4O.Pt/c1-56(2,3)42-33-46(37-48(36-42)63-47-29-30-50-49-24-14-15-25-51(49)62(54(50)38-47)55-28-18-19-31-59-55)61-39-60(52-26-16-17-27-53(52)61)45-34-43(57(4,5)40-20-10-8-11-21-40)32-44(35-45)58(6,7)41-22-12-9-13-23-41;/h8-36,39H,1-7H3;/q-3;. The molecule has 1 aliphatic rings. The molecule has 0 bridgehead atoms. The molecule has 9 aromatic rings. The summed E-state index contributed by atoms with van der Waals surface area (Å²) >= 11 is 0. The maximum absolute atomic E-state index is 6.80. The first-order chi connectivity index (χ1) is 30.4. The van der Waals surface area contributed by atoms with Gasteiger partial charge in [-0.05, 0) is 75.5 Å². The van der Waals surface area contributed by atoms with E-state index in [-0.39, 0.29) is 37.3 Å². The molecule has 64 heavy (non-hydrogen) atoms. The maximum Gasteiger partial charge on any atom is 0.135 e. The van der Waals surface area contributed by atoms with Gasteiger partial charge in [-0.2, -0.15) is 6.07 Å². The second-order valence-corrected chi connectivity index (χ2v) is 18.7. The fraction of sp³-hybridized carbons (Fsp3) is 0.172. The van der Waals surface area contributed by atoms with Crippen molar-refractivity contribution in [2.75, 3.05) is 9.80 Å². The molecule has 6 heteroatoms. The molecule has 0 radical (unpaired) electrons. The third kappa shape index (κ3) is 7.71. The van der Waals surface area contributed by atoms with Gasteiger partial charge in [0, 0.05) is 72.2 Å². The Morgan fingerprint density at radius 2 is 1.09 bits per heavy atom. The van der Waals surface area contributed by atoms with Crippen molar-refractivity contribution in [2.45, 2.75) is 64.7 Å². The van der Waals surface area contributed by atoms with E-state index in [1.54, 1.807) is 0 Å². The van der Waals surface area contributed by atoms with E-state index in [1.807, 2.05) is 30.5 Å². The topological polar surface area (TPSA) is 33.5 Å². The van der Waals surface area contributed by atoms with Gasteiger partial charge < -0.3 is 19.1 Å². The van der Waals surface area contributed by atoms with E-state index >= 15 is 0 Å². The molecule has 3 heterocycles. The minimum absolute atomic E-state index is 0. The smallest absolute Gasteiger partial charge is 0.135 e. The van der Waals surface area contributed by atoms with Crippen LogP contribution < -0.4 is 14.5 Å². The van der Waals surface area contributed by atoms with Crippen LogP contribution in [0.2, 0.25) is 0 Å². The Bertz CT molecular complexity index is 3040. The number of para-hydroxylation sites is 3. The molecule has 1 aliphatic heterocycles. The molecule has 0 saturated heterocycles. The fourth-order valence-electron chi connectivity index (χ4n) is 8.95. The quantitative estimate of drug-likeness (QED) is 0.135. The summed E-state index contributed by atoms with van der Waals surface area (Å²) in [6, 6.07) is 67.7. The van der Waals surface area contributed by atoms with E-state index in [2.05, 4.69) is 227 Å². The van der Waals surface area contributed by atoms with Crippen molar-refractivity contribution in [3.63, 3.8) is 0 Å². The molecule has 0 amide bonds. The zero-order valence-corrected chi connectivity index (χ0v) is 39.6. The molecule has 10 rings (SSSR count). The summed E-state index contributed by atoms with van der Waals surface area (Å²) in [5.74, 6) is 2.06. The van der Waals surface area contributed by atoms with E-state index in [0.717, 1.165) is 55.9 Å². The molecule has 0 unspecified atom stereocenters. The second kappa shape index (κ2) is 16.6. The van der Waals surface area contributed by atoms with E-state index in [9.17, 15) is 0 Å². The molecule has 5 nitrogen and oxygen atoms in total. The van der Waals surface area contributed by atoms with Crippen LogP contribution in [0.4, 0.5) is 22.7 Å². The number of nitrogens with zero attached hydrogens (tertiary/aromatic N) is 4. The Kier molecular flexibility index (Phi) is 11.1. The Balaban J connectivity index is 0.00000518. The van der Waals surface area contributed by atoms with Crippen molar-refractivity contribution in [1.82, 2.24) is 9.55 Å². The van der Waals surface area contributed by atoms with Crippen LogP contribution in [0.5, 0.6) is 11.5 Å². The first-order valence-corrected chi connectivity index (χ1v) is 21.8. The molecular weight excluding hydrogens is 964 g/mol. The van der Waals surface area contributed by atoms with Crippen LogP contribution in [0.3, 0.4) is 0 Å². The SMILES string of the molecule is CC(C)(C)c1cc(Oc2[c-]c3c(cc2)c2ccccc2n3-c2ccccn2)[c-]c(N2[CH-]N(c3cc(C(C)(C)c4ccccc4)cc(C(C)(C)c4ccccc4)c3)c3ccccc32)c1.[Pt]. The molecule has 0 saturated carbocycles. The average Bonchev–Trinajstić information content (AvgIpc) is 3.85. The van der Waals surface area contributed by atoms with Gasteiger partial charge in [-0.1, -0.05) is 157 Å². The molecule has 0 N–H and O–H groups in total. The van der Waals surface area contributed by atoms with Gasteiger partial charge in [0.15, 0.2) is 0 Å². The predicted molar refractivity (Wildman–Crippen MR) is 260 cm³/mol. The normalized spacial score (nSPS) is 13.0. The molecule has 0 fully saturated rings. The Hall–Kier alpha value is -6.42. The van der Waals surface area contributed by atoms with Crippen molar-refractivity contribution < 1.29 is 25.8 Å². The largest absolute Gasteiger partial charge is 0.509 e. The number of pyridine rings is 1. The zero-order chi connectivity index (χ0) is 43.5. The number of aromatic nitrogens is 2. The number of hydrogen-bond donors (Lipinski definition) is 0. The summed E-state index contributed by atoms with van der Waals surface area (Å²) < 4.78 is 8.96. The van der Waals surface area contributed by atoms with Gasteiger partial charge >= 0.3 is 0 Å². The molecule has 322 valence electrons. The van der Waals surface area contributed by atoms with Crippen molar-refractivity contribution in [3.8, 4) is 17.3 Å². The number of ether oxygens (including phenoxy) is 1. The van der Waals surface area contributed by atoms with Crippen LogP contribution in [0.25, 0.3) is 27.6 Å². The minimum Gasteiger partial charge on any atom is -0.509 e. The van der Waals surface area contributed by atoms with Crippen LogP contribution >= 0.6 is 0 Å². The number of hydrogen-bond acceptors (Lipinski definition) is 4. The number of rotatable bonds is 9. The molecule has 7 aromatic carbocycles. The van der Waals surface area contributed by atoms with E-state index < -0.39 is 0 Å². The fourth-order valence-corrected chi connectivity index (χ4v) is 8.95. The summed E-state index contributed by atoms with van der Waals surface area (Å²) in [5, 5.41) is 2.23. The first-order valence-electron chi connectivity index (χ1n) is 21.8. The predicted octanol–water partition coefficient (Wildman–Crippen LogP) is 14.9. The summed E-state index contributed by atoms with van der Waals surface area (Å²) in [7, 11) is 0. The minimum atomic E-state index is -0.259. The van der Waals surface area contributed by atoms with Crippen molar-refractivity contribution in [2.24, 2.45) is 0 Å². The van der Waals surface area contributed by atoms with Crippen LogP contribution in [0, 0.1) is 18.8 Å². The summed E-state index contributed by atoms with van der Waals surface area (Å²) in [4.78, 5) is 9.30. The molecular formula is C58H51N4OPt-3. The van der Waals surface area contributed by atoms with Crippen LogP contribution in [-0.2, 0) is 37.3 Å². The average molecular weight is 1020 g/mol. The van der Waals surface area contributed by atoms with Gasteiger partial charge in [-0.15, -0.1) is 53.6 Å². The number of benzene rings is 7. The van der Waals surface area contributed by atoms with Gasteiger partial charge in [0.05, 0.1) is 0 Å². The Morgan fingerprint density at radius 3 is 1.72 bits per heavy atom. The third-order valence-corrected chi connectivity index (χ3v) is 12.9. The number of anilines is 4. The maximum atomic E-state index is 6.80. The van der Waals surface area contributed by atoms with Crippen LogP contribution in [0.1, 0.15) is 76.3 Å². The van der Waals surface area contributed by atoms with Gasteiger partial charge in [-0.3, -0.25) is 0 Å². The van der Waals surface area contributed by atoms with E-state index in [1.165, 1.54) is 22.3 Å². The number of fused-ring (bicyclic) bond motifs is 4. The molecule has 0 aliphatic carbocycles. The van der Waals surface area contributed by atoms with Crippen LogP contribution in [-0.4, -0.2) is 9.55 Å². The van der Waals surface area contributed by atoms with Gasteiger partial charge in [0.25, 0.3) is 0 Å². The molecule has 0 atom stereocenters. The van der Waals surface area contributed by atoms with Gasteiger partial charge in [0.1, 0.15) is 5.82 Å². The zero-order valence-electron chi connectivity index (χ0n) is 37.3. The summed E-state index contributed by atoms with van der Waals surface area (Å²) in [5.41, 5.74) is 11.6. The van der Waals surface area contributed by atoms with E-state index in [0.29, 0.717) is 11.5 Å². The molecule has 0 spiro atoms. The van der Waals surface area contributed by atoms with Crippen LogP contribution in [0.15, 0.2) is 176 Å². The Labute approximate surface area is 392 Å². The van der Waals surface area contributed by atoms with E-state index in [4.69, 9.17) is 9.72 Å². The monoisotopic (exact) mass is 1010 g/mol. The van der Waals surface area contributed by atoms with Gasteiger partial charge in [0.2, 0.25) is 0 Å². The summed E-state index contributed by atoms with van der Waals surface area (Å²) in [6.07, 6.45) is 1.83. The Morgan fingerprint density at radius 1 is 0.500 bits per heavy atom. The van der Waals surface area contributed by atoms with Gasteiger partial charge in [-0.25, -0.2) is 4.98 Å². The van der Waals surface area contributed by atoms with Crippen molar-refractivity contribution in [3.05, 3.63) is 223 Å².